The summed E-state index contributed by atoms with van der Waals surface area (Å²) >= 11 is 1.91. The van der Waals surface area contributed by atoms with Gasteiger partial charge in [0.15, 0.2) is 0 Å². The lowest BCUT2D eigenvalue weighted by atomic mass is 9.94. The lowest BCUT2D eigenvalue weighted by Gasteiger charge is -2.35. The maximum absolute atomic E-state index is 9.32. The molecule has 0 atom stereocenters. The number of aliphatic hydroxyl groups is 1. The van der Waals surface area contributed by atoms with Crippen molar-refractivity contribution in [1.29, 1.82) is 0 Å². The van der Waals surface area contributed by atoms with Crippen LogP contribution in [0.15, 0.2) is 0 Å². The molecule has 8 heavy (non-hydrogen) atoms. The van der Waals surface area contributed by atoms with Crippen molar-refractivity contribution in [1.82, 2.24) is 0 Å². The highest BCUT2D eigenvalue weighted by Crippen LogP contribution is 2.32. The molecule has 0 radical (unpaired) electrons. The third-order valence-corrected chi connectivity index (χ3v) is 2.91. The third-order valence-electron chi connectivity index (χ3n) is 1.64. The highest BCUT2D eigenvalue weighted by Gasteiger charge is 2.31. The van der Waals surface area contributed by atoms with Crippen LogP contribution in [0.5, 0.6) is 0 Å². The second-order valence-electron chi connectivity index (χ2n) is 2.89. The zero-order valence-electron chi connectivity index (χ0n) is 5.35. The van der Waals surface area contributed by atoms with Crippen LogP contribution in [0.4, 0.5) is 0 Å². The van der Waals surface area contributed by atoms with Gasteiger partial charge in [-0.15, -0.1) is 0 Å². The summed E-state index contributed by atoms with van der Waals surface area (Å²) in [5.74, 6) is 2.83. The van der Waals surface area contributed by atoms with Crippen molar-refractivity contribution in [3.8, 4) is 0 Å². The summed E-state index contributed by atoms with van der Waals surface area (Å²) in [4.78, 5) is 0. The van der Waals surface area contributed by atoms with Crippen LogP contribution >= 0.6 is 11.8 Å². The summed E-state index contributed by atoms with van der Waals surface area (Å²) in [5, 5.41) is 9.32. The molecule has 1 nitrogen and oxygen atoms in total. The van der Waals surface area contributed by atoms with Crippen molar-refractivity contribution in [3.05, 3.63) is 0 Å². The summed E-state index contributed by atoms with van der Waals surface area (Å²) in [6.07, 6.45) is 0. The van der Waals surface area contributed by atoms with Gasteiger partial charge >= 0.3 is 0 Å². The second kappa shape index (κ2) is 1.92. The summed E-state index contributed by atoms with van der Waals surface area (Å²) in [6.45, 7) is 3.77. The van der Waals surface area contributed by atoms with Gasteiger partial charge in [0.1, 0.15) is 0 Å². The first kappa shape index (κ1) is 6.43. The Morgan fingerprint density at radius 1 is 1.50 bits per heavy atom. The maximum atomic E-state index is 9.32. The molecule has 1 fully saturated rings. The van der Waals surface area contributed by atoms with Crippen LogP contribution in [0.1, 0.15) is 13.8 Å². The molecule has 0 aromatic heterocycles. The fourth-order valence-corrected chi connectivity index (χ4v) is 1.93. The molecule has 0 amide bonds. The van der Waals surface area contributed by atoms with Gasteiger partial charge in [-0.25, -0.2) is 0 Å². The molecule has 0 unspecified atom stereocenters. The van der Waals surface area contributed by atoms with E-state index >= 15 is 0 Å². The van der Waals surface area contributed by atoms with Crippen molar-refractivity contribution in [3.63, 3.8) is 0 Å². The maximum Gasteiger partial charge on any atom is 0.0635 e. The van der Waals surface area contributed by atoms with E-state index in [1.807, 2.05) is 25.6 Å². The molecular formula is C6H12OS. The quantitative estimate of drug-likeness (QED) is 0.577. The van der Waals surface area contributed by atoms with Gasteiger partial charge in [-0.3, -0.25) is 0 Å². The summed E-state index contributed by atoms with van der Waals surface area (Å²) < 4.78 is 0. The van der Waals surface area contributed by atoms with E-state index in [0.717, 1.165) is 11.5 Å². The SMILES string of the molecule is CC(C)(O)C1CSC1. The van der Waals surface area contributed by atoms with Crippen LogP contribution < -0.4 is 0 Å². The molecular weight excluding hydrogens is 120 g/mol. The van der Waals surface area contributed by atoms with Gasteiger partial charge in [0, 0.05) is 5.92 Å². The Morgan fingerprint density at radius 2 is 2.00 bits per heavy atom. The van der Waals surface area contributed by atoms with Crippen LogP contribution in [-0.2, 0) is 0 Å². The first-order chi connectivity index (χ1) is 3.61. The Hall–Kier alpha value is 0.310. The van der Waals surface area contributed by atoms with E-state index in [0.29, 0.717) is 5.92 Å². The third kappa shape index (κ3) is 1.17. The molecule has 1 N–H and O–H groups in total. The van der Waals surface area contributed by atoms with Gasteiger partial charge in [0.25, 0.3) is 0 Å². The van der Waals surface area contributed by atoms with E-state index in [1.54, 1.807) is 0 Å². The average molecular weight is 132 g/mol. The smallest absolute Gasteiger partial charge is 0.0635 e. The Morgan fingerprint density at radius 3 is 2.00 bits per heavy atom. The average Bonchev–Trinajstić information content (AvgIpc) is 1.16. The number of rotatable bonds is 1. The Bertz CT molecular complexity index is 81.0. The lowest BCUT2D eigenvalue weighted by Crippen LogP contribution is -2.39. The Kier molecular flexibility index (Phi) is 1.54. The molecule has 0 bridgehead atoms. The van der Waals surface area contributed by atoms with E-state index in [2.05, 4.69) is 0 Å². The van der Waals surface area contributed by atoms with Crippen molar-refractivity contribution >= 4 is 11.8 Å². The van der Waals surface area contributed by atoms with Crippen LogP contribution in [0.25, 0.3) is 0 Å². The first-order valence-electron chi connectivity index (χ1n) is 2.91. The zero-order valence-corrected chi connectivity index (χ0v) is 6.16. The minimum Gasteiger partial charge on any atom is -0.390 e. The van der Waals surface area contributed by atoms with Crippen molar-refractivity contribution in [2.45, 2.75) is 19.4 Å². The van der Waals surface area contributed by atoms with Crippen LogP contribution in [0.2, 0.25) is 0 Å². The molecule has 1 rings (SSSR count). The second-order valence-corrected chi connectivity index (χ2v) is 3.96. The monoisotopic (exact) mass is 132 g/mol. The van der Waals surface area contributed by atoms with Crippen LogP contribution in [0.3, 0.4) is 0 Å². The van der Waals surface area contributed by atoms with Crippen molar-refractivity contribution < 1.29 is 5.11 Å². The van der Waals surface area contributed by atoms with E-state index < -0.39 is 5.60 Å². The number of hydrogen-bond acceptors (Lipinski definition) is 2. The van der Waals surface area contributed by atoms with Crippen molar-refractivity contribution in [2.24, 2.45) is 5.92 Å². The topological polar surface area (TPSA) is 20.2 Å². The molecule has 1 aliphatic heterocycles. The molecule has 1 aliphatic rings. The van der Waals surface area contributed by atoms with E-state index in [9.17, 15) is 5.11 Å². The van der Waals surface area contributed by atoms with E-state index in [4.69, 9.17) is 0 Å². The molecule has 0 aromatic rings. The van der Waals surface area contributed by atoms with Gasteiger partial charge in [-0.2, -0.15) is 11.8 Å². The molecule has 1 heterocycles. The Labute approximate surface area is 54.5 Å². The molecule has 0 aliphatic carbocycles. The first-order valence-corrected chi connectivity index (χ1v) is 4.06. The van der Waals surface area contributed by atoms with Gasteiger partial charge in [-0.05, 0) is 25.4 Å². The molecule has 2 heteroatoms. The summed E-state index contributed by atoms with van der Waals surface area (Å²) in [7, 11) is 0. The number of thioether (sulfide) groups is 1. The Balaban J connectivity index is 2.34. The van der Waals surface area contributed by atoms with Gasteiger partial charge in [-0.1, -0.05) is 0 Å². The van der Waals surface area contributed by atoms with E-state index in [-0.39, 0.29) is 0 Å². The van der Waals surface area contributed by atoms with Gasteiger partial charge in [0.05, 0.1) is 5.60 Å². The molecule has 0 aromatic carbocycles. The minimum absolute atomic E-state index is 0.425. The standard InChI is InChI=1S/C6H12OS/c1-6(2,7)5-3-8-4-5/h5,7H,3-4H2,1-2H3. The fourth-order valence-electron chi connectivity index (χ4n) is 0.644. The highest BCUT2D eigenvalue weighted by atomic mass is 32.2. The van der Waals surface area contributed by atoms with Crippen molar-refractivity contribution in [2.75, 3.05) is 11.5 Å². The van der Waals surface area contributed by atoms with E-state index in [1.165, 1.54) is 0 Å². The normalized spacial score (nSPS) is 22.9. The van der Waals surface area contributed by atoms with Gasteiger partial charge < -0.3 is 5.11 Å². The predicted molar refractivity (Wildman–Crippen MR) is 37.1 cm³/mol. The molecule has 1 saturated heterocycles. The fraction of sp³-hybridized carbons (Fsp3) is 1.00. The molecule has 48 valence electrons. The highest BCUT2D eigenvalue weighted by molar-refractivity contribution is 8.00. The summed E-state index contributed by atoms with van der Waals surface area (Å²) in [5.41, 5.74) is -0.425. The number of hydrogen-bond donors (Lipinski definition) is 1. The predicted octanol–water partition coefficient (Wildman–Crippen LogP) is 1.12. The zero-order chi connectivity index (χ0) is 6.20. The van der Waals surface area contributed by atoms with Gasteiger partial charge in [0.2, 0.25) is 0 Å². The van der Waals surface area contributed by atoms with Crippen LogP contribution in [0, 0.1) is 5.92 Å². The lowest BCUT2D eigenvalue weighted by molar-refractivity contribution is 0.0322. The minimum atomic E-state index is -0.425. The largest absolute Gasteiger partial charge is 0.390 e. The molecule has 0 spiro atoms. The molecule has 0 saturated carbocycles. The van der Waals surface area contributed by atoms with Crippen LogP contribution in [-0.4, -0.2) is 22.2 Å². The summed E-state index contributed by atoms with van der Waals surface area (Å²) in [6, 6.07) is 0.